The Morgan fingerprint density at radius 2 is 2.24 bits per heavy atom. The van der Waals surface area contributed by atoms with E-state index in [4.69, 9.17) is 10.5 Å². The molecule has 17 heavy (non-hydrogen) atoms. The van der Waals surface area contributed by atoms with Crippen molar-refractivity contribution in [2.45, 2.75) is 0 Å². The number of hydrogen-bond acceptors (Lipinski definition) is 5. The van der Waals surface area contributed by atoms with Gasteiger partial charge in [0.1, 0.15) is 5.82 Å². The molecular formula is C10H10N4O3. The van der Waals surface area contributed by atoms with Crippen LogP contribution in [0.3, 0.4) is 0 Å². The standard InChI is InChI=1S/C10H10N4O3/c1-17-9-3-2-7(6-8(9)14(15)16)13-5-4-10(11)12-13/h2-6H,1H3,(H2,11,12). The van der Waals surface area contributed by atoms with E-state index in [1.807, 2.05) is 0 Å². The van der Waals surface area contributed by atoms with Gasteiger partial charge in [0, 0.05) is 18.3 Å². The number of aromatic nitrogens is 2. The maximum absolute atomic E-state index is 10.8. The number of hydrogen-bond donors (Lipinski definition) is 1. The van der Waals surface area contributed by atoms with Gasteiger partial charge < -0.3 is 10.5 Å². The van der Waals surface area contributed by atoms with Crippen molar-refractivity contribution >= 4 is 11.5 Å². The minimum atomic E-state index is -0.505. The normalized spacial score (nSPS) is 10.2. The fourth-order valence-corrected chi connectivity index (χ4v) is 1.45. The van der Waals surface area contributed by atoms with Crippen molar-refractivity contribution in [3.63, 3.8) is 0 Å². The first-order valence-electron chi connectivity index (χ1n) is 4.76. The number of benzene rings is 1. The zero-order valence-corrected chi connectivity index (χ0v) is 9.03. The van der Waals surface area contributed by atoms with Crippen LogP contribution in [0.25, 0.3) is 5.69 Å². The SMILES string of the molecule is COc1ccc(-n2ccc(N)n2)cc1[N+](=O)[O-]. The van der Waals surface area contributed by atoms with Crippen molar-refractivity contribution in [1.29, 1.82) is 0 Å². The van der Waals surface area contributed by atoms with Crippen LogP contribution in [0.5, 0.6) is 5.75 Å². The third-order valence-electron chi connectivity index (χ3n) is 2.23. The Balaban J connectivity index is 2.50. The molecule has 1 aromatic carbocycles. The van der Waals surface area contributed by atoms with Crippen molar-refractivity contribution in [1.82, 2.24) is 9.78 Å². The molecule has 0 aliphatic heterocycles. The average molecular weight is 234 g/mol. The highest BCUT2D eigenvalue weighted by molar-refractivity contribution is 5.53. The van der Waals surface area contributed by atoms with E-state index < -0.39 is 4.92 Å². The molecule has 0 bridgehead atoms. The predicted octanol–water partition coefficient (Wildman–Crippen LogP) is 1.37. The molecule has 0 aliphatic carbocycles. The lowest BCUT2D eigenvalue weighted by Crippen LogP contribution is -1.99. The van der Waals surface area contributed by atoms with Gasteiger partial charge in [-0.25, -0.2) is 4.68 Å². The molecule has 7 nitrogen and oxygen atoms in total. The van der Waals surface area contributed by atoms with Gasteiger partial charge in [0.15, 0.2) is 5.75 Å². The molecule has 2 rings (SSSR count). The summed E-state index contributed by atoms with van der Waals surface area (Å²) in [6.07, 6.45) is 1.63. The summed E-state index contributed by atoms with van der Waals surface area (Å²) < 4.78 is 6.37. The van der Waals surface area contributed by atoms with Crippen LogP contribution in [0.2, 0.25) is 0 Å². The molecule has 0 atom stereocenters. The van der Waals surface area contributed by atoms with Gasteiger partial charge in [-0.2, -0.15) is 5.10 Å². The summed E-state index contributed by atoms with van der Waals surface area (Å²) in [6.45, 7) is 0. The van der Waals surface area contributed by atoms with Gasteiger partial charge >= 0.3 is 5.69 Å². The molecule has 0 fully saturated rings. The Labute approximate surface area is 96.6 Å². The molecule has 0 unspecified atom stereocenters. The summed E-state index contributed by atoms with van der Waals surface area (Å²) in [5, 5.41) is 14.8. The maximum atomic E-state index is 10.8. The number of nitrogens with zero attached hydrogens (tertiary/aromatic N) is 3. The molecule has 1 aromatic heterocycles. The summed E-state index contributed by atoms with van der Waals surface area (Å²) >= 11 is 0. The third kappa shape index (κ3) is 2.03. The van der Waals surface area contributed by atoms with Crippen molar-refractivity contribution < 1.29 is 9.66 Å². The Morgan fingerprint density at radius 1 is 1.47 bits per heavy atom. The summed E-state index contributed by atoms with van der Waals surface area (Å²) in [7, 11) is 1.38. The number of nitrogens with two attached hydrogens (primary N) is 1. The number of nitro groups is 1. The van der Waals surface area contributed by atoms with Gasteiger partial charge in [0.05, 0.1) is 17.7 Å². The molecule has 0 saturated carbocycles. The van der Waals surface area contributed by atoms with Gasteiger partial charge in [-0.15, -0.1) is 0 Å². The van der Waals surface area contributed by atoms with E-state index in [1.54, 1.807) is 18.3 Å². The van der Waals surface area contributed by atoms with Crippen LogP contribution >= 0.6 is 0 Å². The van der Waals surface area contributed by atoms with Crippen molar-refractivity contribution in [2.24, 2.45) is 0 Å². The first-order valence-corrected chi connectivity index (χ1v) is 4.76. The van der Waals surface area contributed by atoms with E-state index in [9.17, 15) is 10.1 Å². The molecule has 2 aromatic rings. The second-order valence-corrected chi connectivity index (χ2v) is 3.30. The predicted molar refractivity (Wildman–Crippen MR) is 61.2 cm³/mol. The zero-order valence-electron chi connectivity index (χ0n) is 9.03. The lowest BCUT2D eigenvalue weighted by molar-refractivity contribution is -0.385. The number of nitrogen functional groups attached to an aromatic ring is 1. The van der Waals surface area contributed by atoms with Gasteiger partial charge in [-0.1, -0.05) is 0 Å². The highest BCUT2D eigenvalue weighted by Gasteiger charge is 2.15. The Morgan fingerprint density at radius 3 is 2.76 bits per heavy atom. The topological polar surface area (TPSA) is 96.2 Å². The number of methoxy groups -OCH3 is 1. The first-order chi connectivity index (χ1) is 8.11. The molecule has 0 amide bonds. The molecule has 0 saturated heterocycles. The van der Waals surface area contributed by atoms with Gasteiger partial charge in [-0.3, -0.25) is 10.1 Å². The number of anilines is 1. The largest absolute Gasteiger partial charge is 0.490 e. The summed E-state index contributed by atoms with van der Waals surface area (Å²) in [5.74, 6) is 0.558. The molecule has 0 aliphatic rings. The van der Waals surface area contributed by atoms with Crippen LogP contribution in [0.4, 0.5) is 11.5 Å². The maximum Gasteiger partial charge on any atom is 0.313 e. The van der Waals surface area contributed by atoms with Gasteiger partial charge in [0.2, 0.25) is 0 Å². The third-order valence-corrected chi connectivity index (χ3v) is 2.23. The van der Waals surface area contributed by atoms with Crippen LogP contribution in [0, 0.1) is 10.1 Å². The smallest absolute Gasteiger partial charge is 0.313 e. The van der Waals surface area contributed by atoms with Gasteiger partial charge in [-0.05, 0) is 12.1 Å². The Kier molecular flexibility index (Phi) is 2.65. The van der Waals surface area contributed by atoms with Gasteiger partial charge in [0.25, 0.3) is 0 Å². The quantitative estimate of drug-likeness (QED) is 0.639. The highest BCUT2D eigenvalue weighted by Crippen LogP contribution is 2.28. The van der Waals surface area contributed by atoms with E-state index in [0.29, 0.717) is 11.5 Å². The molecule has 7 heteroatoms. The minimum Gasteiger partial charge on any atom is -0.490 e. The number of nitro benzene ring substituents is 1. The van der Waals surface area contributed by atoms with E-state index in [-0.39, 0.29) is 11.4 Å². The van der Waals surface area contributed by atoms with Crippen LogP contribution in [-0.2, 0) is 0 Å². The van der Waals surface area contributed by atoms with Crippen molar-refractivity contribution in [3.05, 3.63) is 40.6 Å². The molecule has 0 spiro atoms. The van der Waals surface area contributed by atoms with E-state index in [0.717, 1.165) is 0 Å². The molecular weight excluding hydrogens is 224 g/mol. The minimum absolute atomic E-state index is 0.112. The van der Waals surface area contributed by atoms with Crippen LogP contribution in [0.15, 0.2) is 30.5 Å². The monoisotopic (exact) mass is 234 g/mol. The van der Waals surface area contributed by atoms with E-state index in [2.05, 4.69) is 5.10 Å². The summed E-state index contributed by atoms with van der Waals surface area (Å²) in [6, 6.07) is 6.17. The molecule has 88 valence electrons. The molecule has 2 N–H and O–H groups in total. The summed E-state index contributed by atoms with van der Waals surface area (Å²) in [5.41, 5.74) is 5.92. The average Bonchev–Trinajstić information content (AvgIpc) is 2.75. The molecule has 0 radical (unpaired) electrons. The zero-order chi connectivity index (χ0) is 12.4. The second-order valence-electron chi connectivity index (χ2n) is 3.30. The van der Waals surface area contributed by atoms with E-state index in [1.165, 1.54) is 23.9 Å². The van der Waals surface area contributed by atoms with Crippen LogP contribution in [-0.4, -0.2) is 21.8 Å². The number of ether oxygens (including phenoxy) is 1. The van der Waals surface area contributed by atoms with Crippen molar-refractivity contribution in [2.75, 3.05) is 12.8 Å². The van der Waals surface area contributed by atoms with Crippen LogP contribution < -0.4 is 10.5 Å². The fraction of sp³-hybridized carbons (Fsp3) is 0.100. The lowest BCUT2D eigenvalue weighted by Gasteiger charge is -2.04. The Bertz CT molecular complexity index is 564. The lowest BCUT2D eigenvalue weighted by atomic mass is 10.2. The highest BCUT2D eigenvalue weighted by atomic mass is 16.6. The summed E-state index contributed by atoms with van der Waals surface area (Å²) in [4.78, 5) is 10.3. The molecule has 1 heterocycles. The van der Waals surface area contributed by atoms with Crippen LogP contribution in [0.1, 0.15) is 0 Å². The fourth-order valence-electron chi connectivity index (χ4n) is 1.45. The number of rotatable bonds is 3. The van der Waals surface area contributed by atoms with E-state index >= 15 is 0 Å². The first kappa shape index (κ1) is 10.9. The second kappa shape index (κ2) is 4.12. The van der Waals surface area contributed by atoms with Crippen molar-refractivity contribution in [3.8, 4) is 11.4 Å². The Hall–Kier alpha value is -2.57.